The standard InChI is InChI=1S/C12H21N3O2/c1-7-11(9(3)15(6)13-7)8(2)14(5)10(4)12(16)17/h8,10H,1-6H3,(H,16,17). The van der Waals surface area contributed by atoms with E-state index in [1.807, 2.05) is 44.4 Å². The van der Waals surface area contributed by atoms with Crippen LogP contribution in [0, 0.1) is 13.8 Å². The van der Waals surface area contributed by atoms with Crippen LogP contribution in [-0.2, 0) is 11.8 Å². The number of hydrogen-bond donors (Lipinski definition) is 1. The van der Waals surface area contributed by atoms with Crippen molar-refractivity contribution in [2.45, 2.75) is 39.8 Å². The molecule has 0 radical (unpaired) electrons. The molecule has 5 heteroatoms. The lowest BCUT2D eigenvalue weighted by Gasteiger charge is -2.28. The largest absolute Gasteiger partial charge is 0.480 e. The number of rotatable bonds is 4. The molecule has 0 aliphatic heterocycles. The molecule has 1 N–H and O–H groups in total. The molecular formula is C12H21N3O2. The van der Waals surface area contributed by atoms with Crippen molar-refractivity contribution in [3.63, 3.8) is 0 Å². The van der Waals surface area contributed by atoms with Gasteiger partial charge in [0.1, 0.15) is 6.04 Å². The van der Waals surface area contributed by atoms with Crippen molar-refractivity contribution < 1.29 is 9.90 Å². The third-order valence-corrected chi connectivity index (χ3v) is 3.56. The molecule has 1 rings (SSSR count). The van der Waals surface area contributed by atoms with Crippen molar-refractivity contribution in [3.8, 4) is 0 Å². The Labute approximate surface area is 102 Å². The van der Waals surface area contributed by atoms with Crippen LogP contribution in [0.25, 0.3) is 0 Å². The molecule has 0 amide bonds. The normalized spacial score (nSPS) is 15.0. The number of aryl methyl sites for hydroxylation is 2. The Bertz CT molecular complexity index is 426. The van der Waals surface area contributed by atoms with E-state index in [-0.39, 0.29) is 6.04 Å². The third-order valence-electron chi connectivity index (χ3n) is 3.56. The molecule has 17 heavy (non-hydrogen) atoms. The first kappa shape index (κ1) is 13.7. The number of carboxylic acids is 1. The second kappa shape index (κ2) is 4.87. The maximum absolute atomic E-state index is 11.0. The zero-order valence-corrected chi connectivity index (χ0v) is 11.4. The Morgan fingerprint density at radius 2 is 1.94 bits per heavy atom. The molecule has 0 bridgehead atoms. The van der Waals surface area contributed by atoms with Gasteiger partial charge in [0.2, 0.25) is 0 Å². The Kier molecular flexibility index (Phi) is 3.93. The van der Waals surface area contributed by atoms with Crippen LogP contribution in [-0.4, -0.2) is 38.8 Å². The number of carboxylic acid groups (broad SMARTS) is 1. The van der Waals surface area contributed by atoms with E-state index < -0.39 is 12.0 Å². The smallest absolute Gasteiger partial charge is 0.320 e. The number of likely N-dealkylation sites (N-methyl/N-ethyl adjacent to an activating group) is 1. The highest BCUT2D eigenvalue weighted by Crippen LogP contribution is 2.26. The Morgan fingerprint density at radius 3 is 2.29 bits per heavy atom. The minimum atomic E-state index is -0.807. The van der Waals surface area contributed by atoms with Gasteiger partial charge in [-0.3, -0.25) is 14.4 Å². The van der Waals surface area contributed by atoms with Crippen LogP contribution in [0.15, 0.2) is 0 Å². The second-order valence-corrected chi connectivity index (χ2v) is 4.56. The summed E-state index contributed by atoms with van der Waals surface area (Å²) in [7, 11) is 3.73. The maximum Gasteiger partial charge on any atom is 0.320 e. The number of nitrogens with zero attached hydrogens (tertiary/aromatic N) is 3. The summed E-state index contributed by atoms with van der Waals surface area (Å²) in [6.45, 7) is 7.67. The Morgan fingerprint density at radius 1 is 1.41 bits per heavy atom. The van der Waals surface area contributed by atoms with E-state index in [9.17, 15) is 4.79 Å². The zero-order chi connectivity index (χ0) is 13.3. The fourth-order valence-corrected chi connectivity index (χ4v) is 2.11. The van der Waals surface area contributed by atoms with Crippen LogP contribution >= 0.6 is 0 Å². The molecule has 1 aromatic rings. The van der Waals surface area contributed by atoms with E-state index in [2.05, 4.69) is 5.10 Å². The molecule has 0 aliphatic rings. The highest BCUT2D eigenvalue weighted by Gasteiger charge is 2.26. The summed E-state index contributed by atoms with van der Waals surface area (Å²) in [6.07, 6.45) is 0. The lowest BCUT2D eigenvalue weighted by Crippen LogP contribution is -2.37. The van der Waals surface area contributed by atoms with Gasteiger partial charge in [0.05, 0.1) is 5.69 Å². The van der Waals surface area contributed by atoms with Gasteiger partial charge in [-0.05, 0) is 34.7 Å². The summed E-state index contributed by atoms with van der Waals surface area (Å²) in [5.74, 6) is -0.807. The molecule has 5 nitrogen and oxygen atoms in total. The lowest BCUT2D eigenvalue weighted by atomic mass is 10.0. The highest BCUT2D eigenvalue weighted by atomic mass is 16.4. The van der Waals surface area contributed by atoms with Gasteiger partial charge < -0.3 is 5.11 Å². The van der Waals surface area contributed by atoms with Gasteiger partial charge in [-0.25, -0.2) is 0 Å². The van der Waals surface area contributed by atoms with Crippen molar-refractivity contribution >= 4 is 5.97 Å². The van der Waals surface area contributed by atoms with Gasteiger partial charge >= 0.3 is 5.97 Å². The van der Waals surface area contributed by atoms with Crippen LogP contribution in [0.5, 0.6) is 0 Å². The molecule has 2 atom stereocenters. The van der Waals surface area contributed by atoms with E-state index in [1.54, 1.807) is 6.92 Å². The quantitative estimate of drug-likeness (QED) is 0.865. The van der Waals surface area contributed by atoms with Gasteiger partial charge in [-0.1, -0.05) is 0 Å². The number of hydrogen-bond acceptors (Lipinski definition) is 3. The highest BCUT2D eigenvalue weighted by molar-refractivity contribution is 5.72. The molecule has 0 saturated carbocycles. The Balaban J connectivity index is 3.04. The zero-order valence-electron chi connectivity index (χ0n) is 11.4. The summed E-state index contributed by atoms with van der Waals surface area (Å²) in [5, 5.41) is 13.4. The lowest BCUT2D eigenvalue weighted by molar-refractivity contribution is -0.142. The van der Waals surface area contributed by atoms with E-state index in [0.29, 0.717) is 0 Å². The number of carbonyl (C=O) groups is 1. The number of aromatic nitrogens is 2. The van der Waals surface area contributed by atoms with Gasteiger partial charge in [0, 0.05) is 24.3 Å². The second-order valence-electron chi connectivity index (χ2n) is 4.56. The molecule has 0 saturated heterocycles. The topological polar surface area (TPSA) is 58.4 Å². The first-order chi connectivity index (χ1) is 7.77. The first-order valence-corrected chi connectivity index (χ1v) is 5.72. The van der Waals surface area contributed by atoms with Crippen molar-refractivity contribution in [1.82, 2.24) is 14.7 Å². The third kappa shape index (κ3) is 2.49. The predicted molar refractivity (Wildman–Crippen MR) is 66.0 cm³/mol. The molecule has 2 unspecified atom stereocenters. The van der Waals surface area contributed by atoms with E-state index >= 15 is 0 Å². The minimum Gasteiger partial charge on any atom is -0.480 e. The van der Waals surface area contributed by atoms with E-state index in [4.69, 9.17) is 5.11 Å². The van der Waals surface area contributed by atoms with Crippen molar-refractivity contribution in [2.75, 3.05) is 7.05 Å². The molecule has 0 aromatic carbocycles. The van der Waals surface area contributed by atoms with Crippen LogP contribution in [0.3, 0.4) is 0 Å². The van der Waals surface area contributed by atoms with Crippen LogP contribution in [0.2, 0.25) is 0 Å². The molecule has 0 spiro atoms. The summed E-state index contributed by atoms with van der Waals surface area (Å²) < 4.78 is 1.83. The van der Waals surface area contributed by atoms with Crippen LogP contribution in [0.4, 0.5) is 0 Å². The van der Waals surface area contributed by atoms with Gasteiger partial charge in [-0.2, -0.15) is 5.10 Å². The molecule has 96 valence electrons. The van der Waals surface area contributed by atoms with E-state index in [1.165, 1.54) is 0 Å². The van der Waals surface area contributed by atoms with Crippen molar-refractivity contribution in [2.24, 2.45) is 7.05 Å². The number of aliphatic carboxylic acids is 1. The maximum atomic E-state index is 11.0. The summed E-state index contributed by atoms with van der Waals surface area (Å²) >= 11 is 0. The van der Waals surface area contributed by atoms with Crippen LogP contribution in [0.1, 0.15) is 36.8 Å². The fourth-order valence-electron chi connectivity index (χ4n) is 2.11. The molecule has 1 heterocycles. The minimum absolute atomic E-state index is 0.0369. The summed E-state index contributed by atoms with van der Waals surface area (Å²) in [6, 6.07) is -0.473. The first-order valence-electron chi connectivity index (χ1n) is 5.72. The van der Waals surface area contributed by atoms with Gasteiger partial charge in [-0.15, -0.1) is 0 Å². The van der Waals surface area contributed by atoms with Gasteiger partial charge in [0.15, 0.2) is 0 Å². The summed E-state index contributed by atoms with van der Waals surface area (Å²) in [5.41, 5.74) is 3.16. The van der Waals surface area contributed by atoms with E-state index in [0.717, 1.165) is 17.0 Å². The fraction of sp³-hybridized carbons (Fsp3) is 0.667. The molecular weight excluding hydrogens is 218 g/mol. The SMILES string of the molecule is Cc1nn(C)c(C)c1C(C)N(C)C(C)C(=O)O. The van der Waals surface area contributed by atoms with Gasteiger partial charge in [0.25, 0.3) is 0 Å². The molecule has 0 aliphatic carbocycles. The molecule has 1 aromatic heterocycles. The molecule has 0 fully saturated rings. The van der Waals surface area contributed by atoms with Crippen LogP contribution < -0.4 is 0 Å². The predicted octanol–water partition coefficient (Wildman–Crippen LogP) is 1.50. The Hall–Kier alpha value is -1.36. The average Bonchev–Trinajstić information content (AvgIpc) is 2.50. The van der Waals surface area contributed by atoms with Crippen molar-refractivity contribution in [3.05, 3.63) is 17.0 Å². The monoisotopic (exact) mass is 239 g/mol. The summed E-state index contributed by atoms with van der Waals surface area (Å²) in [4.78, 5) is 12.8. The van der Waals surface area contributed by atoms with Crippen molar-refractivity contribution in [1.29, 1.82) is 0 Å². The average molecular weight is 239 g/mol.